The summed E-state index contributed by atoms with van der Waals surface area (Å²) < 4.78 is 5.08. The molecule has 0 saturated carbocycles. The van der Waals surface area contributed by atoms with Crippen LogP contribution in [-0.2, 0) is 4.74 Å². The van der Waals surface area contributed by atoms with E-state index in [0.717, 1.165) is 5.56 Å². The van der Waals surface area contributed by atoms with Gasteiger partial charge in [-0.1, -0.05) is 29.8 Å². The van der Waals surface area contributed by atoms with E-state index in [-0.39, 0.29) is 6.03 Å². The maximum absolute atomic E-state index is 11.5. The van der Waals surface area contributed by atoms with E-state index >= 15 is 0 Å². The molecule has 0 aliphatic heterocycles. The number of carbonyl (C=O) groups excluding carboxylic acids is 2. The summed E-state index contributed by atoms with van der Waals surface area (Å²) in [5.41, 5.74) is 1.66. The van der Waals surface area contributed by atoms with E-state index < -0.39 is 11.7 Å². The van der Waals surface area contributed by atoms with Crippen LogP contribution in [0.3, 0.4) is 0 Å². The van der Waals surface area contributed by atoms with E-state index in [1.807, 2.05) is 31.2 Å². The standard InChI is InChI=1S/C17H25N3O3/c1-13-5-7-14(8-6-13)9-10-18-15(21)19-11-12-20-16(22)23-17(2,3)4/h5-10H,11-12H2,1-4H3,(H,20,22)(H2,18,19,21)/b10-9+. The van der Waals surface area contributed by atoms with Crippen molar-refractivity contribution in [1.29, 1.82) is 0 Å². The number of alkyl carbamates (subject to hydrolysis) is 1. The minimum absolute atomic E-state index is 0.296. The quantitative estimate of drug-likeness (QED) is 0.730. The number of aryl methyl sites for hydroxylation is 1. The molecule has 0 atom stereocenters. The zero-order valence-corrected chi connectivity index (χ0v) is 14.1. The van der Waals surface area contributed by atoms with Crippen LogP contribution in [0, 0.1) is 6.92 Å². The maximum atomic E-state index is 11.5. The van der Waals surface area contributed by atoms with Crippen molar-refractivity contribution in [2.45, 2.75) is 33.3 Å². The summed E-state index contributed by atoms with van der Waals surface area (Å²) in [6.07, 6.45) is 2.87. The van der Waals surface area contributed by atoms with Gasteiger partial charge in [-0.05, 0) is 39.3 Å². The molecule has 0 aromatic heterocycles. The third kappa shape index (κ3) is 9.18. The van der Waals surface area contributed by atoms with Gasteiger partial charge in [-0.15, -0.1) is 0 Å². The lowest BCUT2D eigenvalue weighted by molar-refractivity contribution is 0.0528. The van der Waals surface area contributed by atoms with Crippen molar-refractivity contribution < 1.29 is 14.3 Å². The number of hydrogen-bond donors (Lipinski definition) is 3. The fraction of sp³-hybridized carbons (Fsp3) is 0.412. The molecule has 0 bridgehead atoms. The first kappa shape index (κ1) is 18.5. The average Bonchev–Trinajstić information content (AvgIpc) is 2.44. The molecule has 0 radical (unpaired) electrons. The third-order valence-corrected chi connectivity index (χ3v) is 2.65. The second-order valence-electron chi connectivity index (χ2n) is 6.07. The number of rotatable bonds is 5. The van der Waals surface area contributed by atoms with Crippen molar-refractivity contribution in [3.05, 3.63) is 41.6 Å². The molecule has 1 aromatic carbocycles. The Balaban J connectivity index is 2.17. The van der Waals surface area contributed by atoms with Crippen molar-refractivity contribution in [3.8, 4) is 0 Å². The van der Waals surface area contributed by atoms with Crippen LogP contribution in [0.4, 0.5) is 9.59 Å². The Labute approximate surface area is 137 Å². The summed E-state index contributed by atoms with van der Waals surface area (Å²) in [7, 11) is 0. The normalized spacial score (nSPS) is 11.1. The fourth-order valence-electron chi connectivity index (χ4n) is 1.60. The van der Waals surface area contributed by atoms with Crippen LogP contribution in [-0.4, -0.2) is 30.8 Å². The molecule has 0 aliphatic carbocycles. The lowest BCUT2D eigenvalue weighted by Crippen LogP contribution is -2.40. The molecule has 0 heterocycles. The van der Waals surface area contributed by atoms with Gasteiger partial charge in [-0.25, -0.2) is 9.59 Å². The van der Waals surface area contributed by atoms with Crippen LogP contribution in [0.15, 0.2) is 30.5 Å². The highest BCUT2D eigenvalue weighted by Gasteiger charge is 2.15. The molecule has 0 fully saturated rings. The lowest BCUT2D eigenvalue weighted by atomic mass is 10.1. The smallest absolute Gasteiger partial charge is 0.407 e. The molecule has 0 saturated heterocycles. The summed E-state index contributed by atoms with van der Waals surface area (Å²) in [6.45, 7) is 7.99. The Bertz CT molecular complexity index is 545. The zero-order valence-electron chi connectivity index (χ0n) is 14.1. The van der Waals surface area contributed by atoms with Gasteiger partial charge in [0.05, 0.1) is 0 Å². The minimum Gasteiger partial charge on any atom is -0.444 e. The van der Waals surface area contributed by atoms with Gasteiger partial charge in [0, 0.05) is 19.3 Å². The monoisotopic (exact) mass is 319 g/mol. The first-order valence-electron chi connectivity index (χ1n) is 7.51. The number of amides is 3. The van der Waals surface area contributed by atoms with Crippen LogP contribution >= 0.6 is 0 Å². The Hall–Kier alpha value is -2.50. The molecule has 3 N–H and O–H groups in total. The van der Waals surface area contributed by atoms with E-state index in [1.54, 1.807) is 33.0 Å². The van der Waals surface area contributed by atoms with E-state index in [1.165, 1.54) is 5.56 Å². The first-order valence-corrected chi connectivity index (χ1v) is 7.51. The molecular formula is C17H25N3O3. The van der Waals surface area contributed by atoms with Crippen molar-refractivity contribution in [3.63, 3.8) is 0 Å². The third-order valence-electron chi connectivity index (χ3n) is 2.65. The summed E-state index contributed by atoms with van der Waals surface area (Å²) >= 11 is 0. The van der Waals surface area contributed by atoms with E-state index in [2.05, 4.69) is 16.0 Å². The Kier molecular flexibility index (Phi) is 7.12. The van der Waals surface area contributed by atoms with Gasteiger partial charge in [0.1, 0.15) is 5.60 Å². The number of ether oxygens (including phenoxy) is 1. The SMILES string of the molecule is Cc1ccc(/C=C/NC(=O)NCCNC(=O)OC(C)(C)C)cc1. The van der Waals surface area contributed by atoms with Crippen LogP contribution in [0.5, 0.6) is 0 Å². The van der Waals surface area contributed by atoms with Gasteiger partial charge in [0.15, 0.2) is 0 Å². The highest BCUT2D eigenvalue weighted by Crippen LogP contribution is 2.06. The molecule has 1 aromatic rings. The summed E-state index contributed by atoms with van der Waals surface area (Å²) in [6, 6.07) is 7.61. The molecule has 126 valence electrons. The largest absolute Gasteiger partial charge is 0.444 e. The van der Waals surface area contributed by atoms with Crippen LogP contribution in [0.1, 0.15) is 31.9 Å². The Morgan fingerprint density at radius 1 is 1.09 bits per heavy atom. The van der Waals surface area contributed by atoms with Crippen molar-refractivity contribution in [2.75, 3.05) is 13.1 Å². The zero-order chi connectivity index (χ0) is 17.3. The van der Waals surface area contributed by atoms with E-state index in [9.17, 15) is 9.59 Å². The molecule has 0 aliphatic rings. The average molecular weight is 319 g/mol. The molecule has 1 rings (SSSR count). The van der Waals surface area contributed by atoms with Crippen LogP contribution < -0.4 is 16.0 Å². The summed E-state index contributed by atoms with van der Waals surface area (Å²) in [4.78, 5) is 22.9. The molecular weight excluding hydrogens is 294 g/mol. The molecule has 6 heteroatoms. The maximum Gasteiger partial charge on any atom is 0.407 e. The topological polar surface area (TPSA) is 79.5 Å². The predicted molar refractivity (Wildman–Crippen MR) is 91.0 cm³/mol. The van der Waals surface area contributed by atoms with Gasteiger partial charge >= 0.3 is 12.1 Å². The number of carbonyl (C=O) groups is 2. The van der Waals surface area contributed by atoms with Crippen molar-refractivity contribution in [2.24, 2.45) is 0 Å². The highest BCUT2D eigenvalue weighted by atomic mass is 16.6. The number of urea groups is 1. The van der Waals surface area contributed by atoms with Crippen molar-refractivity contribution >= 4 is 18.2 Å². The molecule has 23 heavy (non-hydrogen) atoms. The molecule has 3 amide bonds. The molecule has 6 nitrogen and oxygen atoms in total. The van der Waals surface area contributed by atoms with E-state index in [0.29, 0.717) is 13.1 Å². The molecule has 0 spiro atoms. The van der Waals surface area contributed by atoms with E-state index in [4.69, 9.17) is 4.74 Å². The van der Waals surface area contributed by atoms with Crippen LogP contribution in [0.2, 0.25) is 0 Å². The van der Waals surface area contributed by atoms with Crippen LogP contribution in [0.25, 0.3) is 6.08 Å². The Morgan fingerprint density at radius 3 is 2.30 bits per heavy atom. The Morgan fingerprint density at radius 2 is 1.70 bits per heavy atom. The molecule has 0 unspecified atom stereocenters. The lowest BCUT2D eigenvalue weighted by Gasteiger charge is -2.19. The number of hydrogen-bond acceptors (Lipinski definition) is 3. The van der Waals surface area contributed by atoms with Gasteiger partial charge in [0.25, 0.3) is 0 Å². The van der Waals surface area contributed by atoms with Gasteiger partial charge in [0.2, 0.25) is 0 Å². The van der Waals surface area contributed by atoms with Gasteiger partial charge < -0.3 is 20.7 Å². The van der Waals surface area contributed by atoms with Gasteiger partial charge in [-0.3, -0.25) is 0 Å². The first-order chi connectivity index (χ1) is 10.8. The highest BCUT2D eigenvalue weighted by molar-refractivity contribution is 5.76. The fourth-order valence-corrected chi connectivity index (χ4v) is 1.60. The second kappa shape index (κ2) is 8.82. The summed E-state index contributed by atoms with van der Waals surface area (Å²) in [5.74, 6) is 0. The van der Waals surface area contributed by atoms with Gasteiger partial charge in [-0.2, -0.15) is 0 Å². The van der Waals surface area contributed by atoms with Crippen molar-refractivity contribution in [1.82, 2.24) is 16.0 Å². The number of nitrogens with one attached hydrogen (secondary N) is 3. The minimum atomic E-state index is -0.532. The number of benzene rings is 1. The second-order valence-corrected chi connectivity index (χ2v) is 6.07. The summed E-state index contributed by atoms with van der Waals surface area (Å²) in [5, 5.41) is 7.78. The predicted octanol–water partition coefficient (Wildman–Crippen LogP) is 2.79.